The summed E-state index contributed by atoms with van der Waals surface area (Å²) >= 11 is 0. The zero-order valence-corrected chi connectivity index (χ0v) is 13.4. The second-order valence-corrected chi connectivity index (χ2v) is 6.59. The third kappa shape index (κ3) is 2.98. The zero-order valence-electron chi connectivity index (χ0n) is 13.4. The molecule has 1 unspecified atom stereocenters. The fourth-order valence-electron chi connectivity index (χ4n) is 3.83. The summed E-state index contributed by atoms with van der Waals surface area (Å²) in [6.07, 6.45) is 3.84. The van der Waals surface area contributed by atoms with Crippen LogP contribution in [0.1, 0.15) is 36.2 Å². The van der Waals surface area contributed by atoms with Crippen molar-refractivity contribution in [2.75, 3.05) is 19.6 Å². The van der Waals surface area contributed by atoms with Crippen LogP contribution in [0.2, 0.25) is 0 Å². The molecule has 1 aromatic rings. The minimum atomic E-state index is 0.191. The molecule has 1 N–H and O–H groups in total. The van der Waals surface area contributed by atoms with Crippen LogP contribution >= 0.6 is 0 Å². The summed E-state index contributed by atoms with van der Waals surface area (Å²) in [5.74, 6) is 0.886. The second kappa shape index (κ2) is 5.79. The predicted octanol–water partition coefficient (Wildman–Crippen LogP) is 1.18. The lowest BCUT2D eigenvalue weighted by Gasteiger charge is -2.44. The largest absolute Gasteiger partial charge is 0.352 e. The van der Waals surface area contributed by atoms with Gasteiger partial charge >= 0.3 is 0 Å². The smallest absolute Gasteiger partial charge is 0.220 e. The van der Waals surface area contributed by atoms with E-state index in [4.69, 9.17) is 0 Å². The number of hydrogen-bond acceptors (Lipinski definition) is 3. The Morgan fingerprint density at radius 3 is 2.57 bits per heavy atom. The van der Waals surface area contributed by atoms with E-state index in [0.29, 0.717) is 18.4 Å². The van der Waals surface area contributed by atoms with Crippen molar-refractivity contribution in [3.63, 3.8) is 0 Å². The van der Waals surface area contributed by atoms with E-state index in [2.05, 4.69) is 22.2 Å². The first-order valence-corrected chi connectivity index (χ1v) is 8.05. The Morgan fingerprint density at radius 1 is 1.33 bits per heavy atom. The molecule has 2 bridgehead atoms. The van der Waals surface area contributed by atoms with Gasteiger partial charge in [0.05, 0.1) is 5.69 Å². The van der Waals surface area contributed by atoms with E-state index in [1.54, 1.807) is 0 Å². The number of nitrogens with zero attached hydrogens (tertiary/aromatic N) is 3. The fourth-order valence-corrected chi connectivity index (χ4v) is 3.83. The van der Waals surface area contributed by atoms with Gasteiger partial charge < -0.3 is 10.2 Å². The van der Waals surface area contributed by atoms with Crippen molar-refractivity contribution >= 4 is 5.91 Å². The van der Waals surface area contributed by atoms with Crippen molar-refractivity contribution in [3.8, 4) is 0 Å². The molecule has 0 radical (unpaired) electrons. The maximum Gasteiger partial charge on any atom is 0.220 e. The number of carbonyl (C=O) groups is 1. The molecule has 5 nitrogen and oxygen atoms in total. The van der Waals surface area contributed by atoms with Crippen LogP contribution in [0.3, 0.4) is 0 Å². The number of hydrogen-bond donors (Lipinski definition) is 1. The number of fused-ring (bicyclic) bond motifs is 3. The van der Waals surface area contributed by atoms with Crippen LogP contribution < -0.4 is 5.32 Å². The molecule has 0 aliphatic carbocycles. The summed E-state index contributed by atoms with van der Waals surface area (Å²) < 4.78 is 1.90. The van der Waals surface area contributed by atoms with E-state index in [9.17, 15) is 4.79 Å². The van der Waals surface area contributed by atoms with Crippen LogP contribution in [0.15, 0.2) is 0 Å². The van der Waals surface area contributed by atoms with Gasteiger partial charge in [-0.2, -0.15) is 5.10 Å². The lowest BCUT2D eigenvalue weighted by Crippen LogP contribution is -2.57. The maximum absolute atomic E-state index is 12.2. The Labute approximate surface area is 126 Å². The predicted molar refractivity (Wildman–Crippen MR) is 82.1 cm³/mol. The number of carbonyl (C=O) groups excluding carboxylic acids is 1. The molecule has 5 heteroatoms. The van der Waals surface area contributed by atoms with Gasteiger partial charge in [0.25, 0.3) is 0 Å². The fraction of sp³-hybridized carbons (Fsp3) is 0.750. The lowest BCUT2D eigenvalue weighted by molar-refractivity contribution is -0.123. The van der Waals surface area contributed by atoms with E-state index >= 15 is 0 Å². The van der Waals surface area contributed by atoms with E-state index in [1.165, 1.54) is 37.2 Å². The van der Waals surface area contributed by atoms with Gasteiger partial charge in [0.1, 0.15) is 0 Å². The third-order valence-corrected chi connectivity index (χ3v) is 5.26. The number of aryl methyl sites for hydroxylation is 2. The lowest BCUT2D eigenvalue weighted by atomic mass is 9.84. The maximum atomic E-state index is 12.2. The summed E-state index contributed by atoms with van der Waals surface area (Å²) in [6, 6.07) is 0.371. The Kier molecular flexibility index (Phi) is 4.02. The Bertz CT molecular complexity index is 529. The number of aromatic nitrogens is 2. The average Bonchev–Trinajstić information content (AvgIpc) is 2.71. The number of rotatable bonds is 4. The van der Waals surface area contributed by atoms with Gasteiger partial charge in [-0.05, 0) is 57.7 Å². The highest BCUT2D eigenvalue weighted by Crippen LogP contribution is 2.27. The van der Waals surface area contributed by atoms with Crippen LogP contribution in [-0.4, -0.2) is 46.3 Å². The molecule has 21 heavy (non-hydrogen) atoms. The summed E-state index contributed by atoms with van der Waals surface area (Å²) in [7, 11) is 1.96. The summed E-state index contributed by atoms with van der Waals surface area (Å²) in [5, 5.41) is 7.67. The standard InChI is InChI=1S/C16H26N4O/c1-11-14(12(2)19(3)18-11)4-5-16(21)17-15-10-20-8-6-13(15)7-9-20/h13,15H,4-10H2,1-3H3,(H,17,21). The van der Waals surface area contributed by atoms with Gasteiger partial charge in [-0.25, -0.2) is 0 Å². The zero-order chi connectivity index (χ0) is 15.0. The van der Waals surface area contributed by atoms with E-state index in [1.807, 2.05) is 18.7 Å². The Balaban J connectivity index is 1.53. The summed E-state index contributed by atoms with van der Waals surface area (Å²) in [6.45, 7) is 7.56. The molecule has 0 saturated carbocycles. The monoisotopic (exact) mass is 290 g/mol. The van der Waals surface area contributed by atoms with Gasteiger partial charge in [0, 0.05) is 31.7 Å². The highest BCUT2D eigenvalue weighted by atomic mass is 16.1. The topological polar surface area (TPSA) is 50.2 Å². The molecule has 3 aliphatic rings. The van der Waals surface area contributed by atoms with Crippen LogP contribution in [0.4, 0.5) is 0 Å². The molecule has 0 spiro atoms. The molecule has 1 amide bonds. The number of piperidine rings is 3. The van der Waals surface area contributed by atoms with Crippen molar-refractivity contribution in [1.29, 1.82) is 0 Å². The number of amides is 1. The normalized spacial score (nSPS) is 27.9. The Hall–Kier alpha value is -1.36. The average molecular weight is 290 g/mol. The SMILES string of the molecule is Cc1nn(C)c(C)c1CCC(=O)NC1CN2CCC1CC2. The third-order valence-electron chi connectivity index (χ3n) is 5.26. The molecule has 4 heterocycles. The second-order valence-electron chi connectivity index (χ2n) is 6.59. The molecule has 116 valence electrons. The van der Waals surface area contributed by atoms with Crippen LogP contribution in [-0.2, 0) is 18.3 Å². The molecule has 3 aliphatic heterocycles. The Morgan fingerprint density at radius 2 is 2.05 bits per heavy atom. The van der Waals surface area contributed by atoms with Gasteiger partial charge in [0.15, 0.2) is 0 Å². The summed E-state index contributed by atoms with van der Waals surface area (Å²) in [4.78, 5) is 14.7. The molecule has 3 saturated heterocycles. The van der Waals surface area contributed by atoms with Crippen molar-refractivity contribution in [2.45, 2.75) is 45.6 Å². The van der Waals surface area contributed by atoms with E-state index < -0.39 is 0 Å². The highest BCUT2D eigenvalue weighted by molar-refractivity contribution is 5.76. The van der Waals surface area contributed by atoms with Gasteiger partial charge in [0.2, 0.25) is 5.91 Å². The quantitative estimate of drug-likeness (QED) is 0.906. The van der Waals surface area contributed by atoms with E-state index in [-0.39, 0.29) is 5.91 Å². The van der Waals surface area contributed by atoms with Crippen LogP contribution in [0.5, 0.6) is 0 Å². The first kappa shape index (κ1) is 14.6. The van der Waals surface area contributed by atoms with Crippen molar-refractivity contribution < 1.29 is 4.79 Å². The first-order chi connectivity index (χ1) is 10.0. The first-order valence-electron chi connectivity index (χ1n) is 8.05. The minimum Gasteiger partial charge on any atom is -0.352 e. The van der Waals surface area contributed by atoms with Crippen LogP contribution in [0, 0.1) is 19.8 Å². The van der Waals surface area contributed by atoms with Gasteiger partial charge in [-0.15, -0.1) is 0 Å². The molecule has 0 aromatic carbocycles. The van der Waals surface area contributed by atoms with Crippen molar-refractivity contribution in [3.05, 3.63) is 17.0 Å². The van der Waals surface area contributed by atoms with Gasteiger partial charge in [-0.3, -0.25) is 9.48 Å². The van der Waals surface area contributed by atoms with Gasteiger partial charge in [-0.1, -0.05) is 0 Å². The van der Waals surface area contributed by atoms with Crippen molar-refractivity contribution in [2.24, 2.45) is 13.0 Å². The number of nitrogens with one attached hydrogen (secondary N) is 1. The van der Waals surface area contributed by atoms with Crippen molar-refractivity contribution in [1.82, 2.24) is 20.0 Å². The molecular weight excluding hydrogens is 264 g/mol. The molecule has 3 fully saturated rings. The van der Waals surface area contributed by atoms with Crippen LogP contribution in [0.25, 0.3) is 0 Å². The molecule has 1 aromatic heterocycles. The molecule has 1 atom stereocenters. The molecular formula is C16H26N4O. The molecule has 4 rings (SSSR count). The van der Waals surface area contributed by atoms with E-state index in [0.717, 1.165) is 18.7 Å². The minimum absolute atomic E-state index is 0.191. The highest BCUT2D eigenvalue weighted by Gasteiger charge is 2.34. The summed E-state index contributed by atoms with van der Waals surface area (Å²) in [5.41, 5.74) is 3.44.